The van der Waals surface area contributed by atoms with Gasteiger partial charge in [-0.25, -0.2) is 4.39 Å². The van der Waals surface area contributed by atoms with E-state index in [1.54, 1.807) is 6.20 Å². The molecule has 21 heavy (non-hydrogen) atoms. The second-order valence-electron chi connectivity index (χ2n) is 5.09. The van der Waals surface area contributed by atoms with Gasteiger partial charge in [0.1, 0.15) is 6.67 Å². The molecule has 2 aromatic heterocycles. The van der Waals surface area contributed by atoms with Crippen molar-refractivity contribution in [1.82, 2.24) is 24.8 Å². The summed E-state index contributed by atoms with van der Waals surface area (Å²) in [6.07, 6.45) is 6.83. The van der Waals surface area contributed by atoms with Crippen molar-refractivity contribution in [3.05, 3.63) is 24.2 Å². The molecule has 1 aliphatic rings. The summed E-state index contributed by atoms with van der Waals surface area (Å²) in [7, 11) is 0. The fraction of sp³-hybridized carbons (Fsp3) is 0.538. The van der Waals surface area contributed by atoms with Crippen LogP contribution in [0.2, 0.25) is 0 Å². The minimum atomic E-state index is -0.539. The summed E-state index contributed by atoms with van der Waals surface area (Å²) >= 11 is 0. The smallest absolute Gasteiger partial charge is 0.231 e. The lowest BCUT2D eigenvalue weighted by molar-refractivity contribution is -0.115. The first-order valence-corrected chi connectivity index (χ1v) is 7.04. The molecule has 3 rings (SSSR count). The lowest BCUT2D eigenvalue weighted by atomic mass is 9.93. The summed E-state index contributed by atoms with van der Waals surface area (Å²) in [5.74, 6) is 0.159. The van der Waals surface area contributed by atoms with Crippen LogP contribution in [0.4, 0.5) is 10.2 Å². The maximum absolute atomic E-state index is 12.2. The zero-order valence-corrected chi connectivity index (χ0v) is 11.6. The van der Waals surface area contributed by atoms with Gasteiger partial charge in [-0.2, -0.15) is 15.0 Å². The van der Waals surface area contributed by atoms with E-state index in [1.165, 1.54) is 17.4 Å². The number of carbonyl (C=O) groups is 1. The van der Waals surface area contributed by atoms with Gasteiger partial charge in [0.05, 0.1) is 25.2 Å². The molecule has 1 aliphatic carbocycles. The number of aromatic nitrogens is 5. The van der Waals surface area contributed by atoms with Gasteiger partial charge < -0.3 is 5.32 Å². The van der Waals surface area contributed by atoms with Gasteiger partial charge in [0.15, 0.2) is 5.82 Å². The third-order valence-electron chi connectivity index (χ3n) is 3.60. The Morgan fingerprint density at radius 3 is 3.00 bits per heavy atom. The number of amides is 1. The number of aryl methyl sites for hydroxylation is 1. The van der Waals surface area contributed by atoms with Gasteiger partial charge in [0, 0.05) is 11.9 Å². The first-order chi connectivity index (χ1) is 10.3. The van der Waals surface area contributed by atoms with Gasteiger partial charge in [-0.3, -0.25) is 9.48 Å². The number of nitrogens with one attached hydrogen (secondary N) is 1. The van der Waals surface area contributed by atoms with E-state index >= 15 is 0 Å². The van der Waals surface area contributed by atoms with Crippen molar-refractivity contribution >= 4 is 11.7 Å². The van der Waals surface area contributed by atoms with Gasteiger partial charge >= 0.3 is 0 Å². The molecule has 0 spiro atoms. The highest BCUT2D eigenvalue weighted by molar-refractivity contribution is 5.90. The molecule has 2 aromatic rings. The zero-order valence-electron chi connectivity index (χ0n) is 11.6. The van der Waals surface area contributed by atoms with E-state index in [0.29, 0.717) is 11.9 Å². The number of rotatable bonds is 6. The van der Waals surface area contributed by atoms with Gasteiger partial charge in [0.25, 0.3) is 0 Å². The van der Waals surface area contributed by atoms with E-state index < -0.39 is 6.67 Å². The van der Waals surface area contributed by atoms with Gasteiger partial charge in [-0.15, -0.1) is 5.10 Å². The Hall–Kier alpha value is -2.25. The van der Waals surface area contributed by atoms with Crippen LogP contribution in [0.15, 0.2) is 18.5 Å². The molecule has 2 heterocycles. The van der Waals surface area contributed by atoms with Crippen molar-refractivity contribution in [1.29, 1.82) is 0 Å². The minimum Gasteiger partial charge on any atom is -0.308 e. The van der Waals surface area contributed by atoms with Crippen molar-refractivity contribution in [3.8, 4) is 0 Å². The molecular formula is C13H17FN6O. The molecule has 1 N–H and O–H groups in total. The first kappa shape index (κ1) is 13.7. The van der Waals surface area contributed by atoms with Gasteiger partial charge in [0.2, 0.25) is 5.91 Å². The number of alkyl halides is 1. The van der Waals surface area contributed by atoms with Crippen molar-refractivity contribution in [3.63, 3.8) is 0 Å². The summed E-state index contributed by atoms with van der Waals surface area (Å²) in [6.45, 7) is -0.451. The average Bonchev–Trinajstić information content (AvgIpc) is 2.99. The largest absolute Gasteiger partial charge is 0.308 e. The van der Waals surface area contributed by atoms with Crippen LogP contribution in [0.25, 0.3) is 0 Å². The van der Waals surface area contributed by atoms with E-state index in [0.717, 1.165) is 18.5 Å². The first-order valence-electron chi connectivity index (χ1n) is 7.04. The summed E-state index contributed by atoms with van der Waals surface area (Å²) in [6, 6.07) is 2.28. The Kier molecular flexibility index (Phi) is 3.94. The molecule has 0 aliphatic heterocycles. The minimum absolute atomic E-state index is 0.0876. The summed E-state index contributed by atoms with van der Waals surface area (Å²) in [5.41, 5.74) is 0.897. The molecule has 8 heteroatoms. The Labute approximate surface area is 121 Å². The number of anilines is 1. The van der Waals surface area contributed by atoms with Crippen LogP contribution in [0, 0.1) is 0 Å². The topological polar surface area (TPSA) is 77.6 Å². The van der Waals surface area contributed by atoms with Gasteiger partial charge in [-0.05, 0) is 25.3 Å². The molecule has 0 saturated heterocycles. The fourth-order valence-corrected chi connectivity index (χ4v) is 2.33. The van der Waals surface area contributed by atoms with Crippen molar-refractivity contribution in [2.75, 3.05) is 12.0 Å². The lowest BCUT2D eigenvalue weighted by Crippen LogP contribution is -2.23. The van der Waals surface area contributed by atoms with E-state index in [9.17, 15) is 9.18 Å². The maximum Gasteiger partial charge on any atom is 0.231 e. The Balaban J connectivity index is 1.59. The zero-order chi connectivity index (χ0) is 14.7. The standard InChI is InChI=1S/C13H17FN6O/c14-5-7-19-16-9-12(18-19)17-13(21)8-11-4-6-15-20(11)10-2-1-3-10/h4,6,9-10H,1-3,5,7-8H2,(H,17,18,21). The van der Waals surface area contributed by atoms with Crippen molar-refractivity contribution < 1.29 is 9.18 Å². The van der Waals surface area contributed by atoms with Crippen molar-refractivity contribution in [2.24, 2.45) is 0 Å². The molecular weight excluding hydrogens is 275 g/mol. The highest BCUT2D eigenvalue weighted by Crippen LogP contribution is 2.31. The molecule has 0 aromatic carbocycles. The number of halogens is 1. The predicted octanol–water partition coefficient (Wildman–Crippen LogP) is 1.35. The van der Waals surface area contributed by atoms with E-state index in [2.05, 4.69) is 20.6 Å². The van der Waals surface area contributed by atoms with Crippen LogP contribution in [-0.2, 0) is 17.8 Å². The number of hydrogen-bond donors (Lipinski definition) is 1. The molecule has 0 bridgehead atoms. The predicted molar refractivity (Wildman–Crippen MR) is 73.4 cm³/mol. The Bertz CT molecular complexity index is 618. The fourth-order valence-electron chi connectivity index (χ4n) is 2.33. The average molecular weight is 292 g/mol. The molecule has 1 fully saturated rings. The molecule has 7 nitrogen and oxygen atoms in total. The second kappa shape index (κ2) is 6.02. The van der Waals surface area contributed by atoms with Crippen LogP contribution in [0.1, 0.15) is 31.0 Å². The quantitative estimate of drug-likeness (QED) is 0.871. The molecule has 1 amide bonds. The number of carbonyl (C=O) groups excluding carboxylic acids is 1. The maximum atomic E-state index is 12.2. The lowest BCUT2D eigenvalue weighted by Gasteiger charge is -2.27. The normalized spacial score (nSPS) is 14.9. The van der Waals surface area contributed by atoms with Gasteiger partial charge in [-0.1, -0.05) is 0 Å². The van der Waals surface area contributed by atoms with Crippen molar-refractivity contribution in [2.45, 2.75) is 38.3 Å². The summed E-state index contributed by atoms with van der Waals surface area (Å²) in [4.78, 5) is 13.2. The van der Waals surface area contributed by atoms with Crippen LogP contribution in [-0.4, -0.2) is 37.4 Å². The highest BCUT2D eigenvalue weighted by atomic mass is 19.1. The summed E-state index contributed by atoms with van der Waals surface area (Å²) < 4.78 is 14.1. The monoisotopic (exact) mass is 292 g/mol. The second-order valence-corrected chi connectivity index (χ2v) is 5.09. The van der Waals surface area contributed by atoms with E-state index in [1.807, 2.05) is 10.7 Å². The number of nitrogens with zero attached hydrogens (tertiary/aromatic N) is 5. The molecule has 0 radical (unpaired) electrons. The number of hydrogen-bond acceptors (Lipinski definition) is 4. The third-order valence-corrected chi connectivity index (χ3v) is 3.60. The molecule has 0 unspecified atom stereocenters. The molecule has 112 valence electrons. The highest BCUT2D eigenvalue weighted by Gasteiger charge is 2.22. The summed E-state index contributed by atoms with van der Waals surface area (Å²) in [5, 5.41) is 14.8. The van der Waals surface area contributed by atoms with E-state index in [4.69, 9.17) is 0 Å². The van der Waals surface area contributed by atoms with Crippen LogP contribution in [0.3, 0.4) is 0 Å². The molecule has 0 atom stereocenters. The molecule has 1 saturated carbocycles. The van der Waals surface area contributed by atoms with E-state index in [-0.39, 0.29) is 18.9 Å². The Morgan fingerprint density at radius 2 is 2.29 bits per heavy atom. The SMILES string of the molecule is O=C(Cc1ccnn1C1CCC1)Nc1cnn(CCF)n1. The van der Waals surface area contributed by atoms with Crippen LogP contribution < -0.4 is 5.32 Å². The van der Waals surface area contributed by atoms with Crippen LogP contribution >= 0.6 is 0 Å². The van der Waals surface area contributed by atoms with Crippen LogP contribution in [0.5, 0.6) is 0 Å². The third kappa shape index (κ3) is 3.09. The Morgan fingerprint density at radius 1 is 1.43 bits per heavy atom.